The number of nitrogen functional groups attached to an aromatic ring is 1. The summed E-state index contributed by atoms with van der Waals surface area (Å²) in [6.45, 7) is 1.13. The second-order valence-corrected chi connectivity index (χ2v) is 6.79. The zero-order valence-electron chi connectivity index (χ0n) is 17.0. The van der Waals surface area contributed by atoms with Crippen LogP contribution in [0.5, 0.6) is 0 Å². The van der Waals surface area contributed by atoms with Crippen molar-refractivity contribution in [3.8, 4) is 0 Å². The molecule has 0 radical (unpaired) electrons. The molecule has 0 aliphatic heterocycles. The highest BCUT2D eigenvalue weighted by atomic mass is 16.5. The summed E-state index contributed by atoms with van der Waals surface area (Å²) in [6, 6.07) is 12.4. The van der Waals surface area contributed by atoms with Gasteiger partial charge in [0.05, 0.1) is 6.54 Å². The van der Waals surface area contributed by atoms with Crippen molar-refractivity contribution in [2.45, 2.75) is 13.5 Å². The molecule has 0 unspecified atom stereocenters. The zero-order chi connectivity index (χ0) is 22.5. The van der Waals surface area contributed by atoms with Gasteiger partial charge in [-0.15, -0.1) is 0 Å². The van der Waals surface area contributed by atoms with Crippen LogP contribution in [0.15, 0.2) is 62.5 Å². The van der Waals surface area contributed by atoms with Gasteiger partial charge in [-0.3, -0.25) is 18.7 Å². The summed E-state index contributed by atoms with van der Waals surface area (Å²) < 4.78 is 12.1. The number of carbonyl (C=O) groups excluding carboxylic acids is 2. The minimum absolute atomic E-state index is 0.0744. The van der Waals surface area contributed by atoms with Crippen LogP contribution in [-0.4, -0.2) is 27.5 Å². The van der Waals surface area contributed by atoms with Crippen LogP contribution in [0, 0.1) is 6.92 Å². The van der Waals surface area contributed by atoms with Gasteiger partial charge in [0.15, 0.2) is 6.61 Å². The summed E-state index contributed by atoms with van der Waals surface area (Å²) in [6.07, 6.45) is 2.50. The van der Waals surface area contributed by atoms with E-state index in [1.54, 1.807) is 43.3 Å². The molecule has 0 amide bonds. The second-order valence-electron chi connectivity index (χ2n) is 6.79. The van der Waals surface area contributed by atoms with E-state index in [0.29, 0.717) is 11.5 Å². The number of benzene rings is 1. The Morgan fingerprint density at radius 2 is 1.84 bits per heavy atom. The average Bonchev–Trinajstić information content (AvgIpc) is 3.18. The van der Waals surface area contributed by atoms with Crippen LogP contribution < -0.4 is 17.0 Å². The number of ketones is 1. The molecule has 0 aliphatic carbocycles. The van der Waals surface area contributed by atoms with Crippen LogP contribution in [0.1, 0.15) is 27.4 Å². The lowest BCUT2D eigenvalue weighted by Gasteiger charge is -2.14. The number of carbonyl (C=O) groups is 2. The Bertz CT molecular complexity index is 1260. The summed E-state index contributed by atoms with van der Waals surface area (Å²) in [5.74, 6) is -0.752. The molecule has 0 saturated carbocycles. The number of nitrogens with two attached hydrogens (primary N) is 1. The largest absolute Gasteiger partial charge is 0.462 e. The van der Waals surface area contributed by atoms with Gasteiger partial charge in [0.2, 0.25) is 5.78 Å². The molecule has 2 aromatic heterocycles. The van der Waals surface area contributed by atoms with Gasteiger partial charge in [-0.1, -0.05) is 30.3 Å². The Labute approximate surface area is 177 Å². The van der Waals surface area contributed by atoms with Crippen molar-refractivity contribution < 1.29 is 18.7 Å². The van der Waals surface area contributed by atoms with E-state index in [0.717, 1.165) is 20.8 Å². The molecule has 3 aromatic rings. The van der Waals surface area contributed by atoms with Crippen molar-refractivity contribution in [1.29, 1.82) is 0 Å². The van der Waals surface area contributed by atoms with Crippen LogP contribution in [0.2, 0.25) is 0 Å². The first-order valence-corrected chi connectivity index (χ1v) is 9.35. The predicted molar refractivity (Wildman–Crippen MR) is 114 cm³/mol. The van der Waals surface area contributed by atoms with Crippen molar-refractivity contribution in [2.24, 2.45) is 7.05 Å². The van der Waals surface area contributed by atoms with Crippen LogP contribution in [0.25, 0.3) is 6.08 Å². The Morgan fingerprint density at radius 3 is 2.48 bits per heavy atom. The number of nitrogens with zero attached hydrogens (tertiary/aromatic N) is 2. The number of rotatable bonds is 7. The van der Waals surface area contributed by atoms with Crippen LogP contribution in [0.3, 0.4) is 0 Å². The fourth-order valence-electron chi connectivity index (χ4n) is 2.91. The molecule has 0 atom stereocenters. The van der Waals surface area contributed by atoms with E-state index >= 15 is 0 Å². The molecule has 2 heterocycles. The van der Waals surface area contributed by atoms with Gasteiger partial charge in [0.1, 0.15) is 22.9 Å². The van der Waals surface area contributed by atoms with Crippen LogP contribution >= 0.6 is 0 Å². The summed E-state index contributed by atoms with van der Waals surface area (Å²) in [5.41, 5.74) is 4.86. The number of hydrogen-bond acceptors (Lipinski definition) is 7. The number of ether oxygens (including phenoxy) is 1. The van der Waals surface area contributed by atoms with Gasteiger partial charge in [-0.2, -0.15) is 0 Å². The highest BCUT2D eigenvalue weighted by molar-refractivity contribution is 6.01. The second kappa shape index (κ2) is 9.12. The minimum Gasteiger partial charge on any atom is -0.462 e. The monoisotopic (exact) mass is 423 g/mol. The average molecular weight is 423 g/mol. The maximum absolute atomic E-state index is 12.6. The lowest BCUT2D eigenvalue weighted by atomic mass is 10.2. The van der Waals surface area contributed by atoms with Gasteiger partial charge in [-0.25, -0.2) is 9.59 Å². The Morgan fingerprint density at radius 1 is 1.13 bits per heavy atom. The van der Waals surface area contributed by atoms with E-state index < -0.39 is 35.2 Å². The fourth-order valence-corrected chi connectivity index (χ4v) is 2.91. The molecule has 0 spiro atoms. The number of aromatic nitrogens is 2. The standard InChI is InChI=1S/C22H21N3O6/c1-14-8-9-16(31-14)10-11-18(27)30-13-17(26)19-20(23)25(22(29)24(2)21(19)28)12-15-6-4-3-5-7-15/h3-11H,12-13,23H2,1-2H3. The van der Waals surface area contributed by atoms with Crippen molar-refractivity contribution in [2.75, 3.05) is 12.3 Å². The Kier molecular flexibility index (Phi) is 6.35. The lowest BCUT2D eigenvalue weighted by molar-refractivity contribution is -0.136. The molecule has 1 aromatic carbocycles. The number of hydrogen-bond donors (Lipinski definition) is 1. The molecular formula is C22H21N3O6. The van der Waals surface area contributed by atoms with E-state index in [2.05, 4.69) is 0 Å². The molecule has 0 aliphatic rings. The van der Waals surface area contributed by atoms with E-state index in [9.17, 15) is 19.2 Å². The molecule has 31 heavy (non-hydrogen) atoms. The lowest BCUT2D eigenvalue weighted by Crippen LogP contribution is -2.43. The maximum atomic E-state index is 12.6. The van der Waals surface area contributed by atoms with E-state index in [4.69, 9.17) is 14.9 Å². The molecule has 3 rings (SSSR count). The van der Waals surface area contributed by atoms with Gasteiger partial charge in [-0.05, 0) is 30.7 Å². The van der Waals surface area contributed by atoms with Crippen molar-refractivity contribution >= 4 is 23.6 Å². The first-order chi connectivity index (χ1) is 14.8. The third kappa shape index (κ3) is 4.89. The minimum atomic E-state index is -0.852. The Hall–Kier alpha value is -4.14. The first kappa shape index (κ1) is 21.6. The smallest absolute Gasteiger partial charge is 0.332 e. The summed E-state index contributed by atoms with van der Waals surface area (Å²) in [4.78, 5) is 49.5. The maximum Gasteiger partial charge on any atom is 0.332 e. The molecule has 0 saturated heterocycles. The molecule has 0 bridgehead atoms. The molecule has 9 nitrogen and oxygen atoms in total. The third-order valence-corrected chi connectivity index (χ3v) is 4.54. The van der Waals surface area contributed by atoms with Gasteiger partial charge >= 0.3 is 11.7 Å². The third-order valence-electron chi connectivity index (χ3n) is 4.54. The highest BCUT2D eigenvalue weighted by Crippen LogP contribution is 2.10. The SMILES string of the molecule is Cc1ccc(C=CC(=O)OCC(=O)c2c(N)n(Cc3ccccc3)c(=O)n(C)c2=O)o1. The molecule has 160 valence electrons. The molecular weight excluding hydrogens is 402 g/mol. The first-order valence-electron chi connectivity index (χ1n) is 9.35. The normalized spacial score (nSPS) is 11.0. The zero-order valence-corrected chi connectivity index (χ0v) is 17.0. The van der Waals surface area contributed by atoms with E-state index in [1.807, 2.05) is 6.07 Å². The predicted octanol–water partition coefficient (Wildman–Crippen LogP) is 1.52. The Balaban J connectivity index is 1.80. The summed E-state index contributed by atoms with van der Waals surface area (Å²) in [7, 11) is 1.25. The number of esters is 1. The quantitative estimate of drug-likeness (QED) is 0.347. The van der Waals surface area contributed by atoms with Crippen molar-refractivity contribution in [3.05, 3.63) is 92.0 Å². The van der Waals surface area contributed by atoms with Crippen LogP contribution in [-0.2, 0) is 23.1 Å². The van der Waals surface area contributed by atoms with Crippen molar-refractivity contribution in [3.63, 3.8) is 0 Å². The number of aryl methyl sites for hydroxylation is 1. The van der Waals surface area contributed by atoms with Gasteiger partial charge in [0, 0.05) is 13.1 Å². The molecule has 9 heteroatoms. The number of Topliss-reactive ketones (excluding diaryl/α,β-unsaturated/α-hetero) is 1. The summed E-state index contributed by atoms with van der Waals surface area (Å²) in [5, 5.41) is 0. The topological polar surface area (TPSA) is 127 Å². The van der Waals surface area contributed by atoms with Gasteiger partial charge < -0.3 is 14.9 Å². The number of furan rings is 1. The molecule has 2 N–H and O–H groups in total. The molecule has 0 fully saturated rings. The van der Waals surface area contributed by atoms with Gasteiger partial charge in [0.25, 0.3) is 5.56 Å². The van der Waals surface area contributed by atoms with E-state index in [1.165, 1.54) is 13.1 Å². The van der Waals surface area contributed by atoms with E-state index in [-0.39, 0.29) is 12.4 Å². The fraction of sp³-hybridized carbons (Fsp3) is 0.182. The number of anilines is 1. The van der Waals surface area contributed by atoms with Crippen LogP contribution in [0.4, 0.5) is 5.82 Å². The summed E-state index contributed by atoms with van der Waals surface area (Å²) >= 11 is 0. The van der Waals surface area contributed by atoms with Crippen molar-refractivity contribution in [1.82, 2.24) is 9.13 Å². The highest BCUT2D eigenvalue weighted by Gasteiger charge is 2.22.